The van der Waals surface area contributed by atoms with E-state index in [1.54, 1.807) is 0 Å². The van der Waals surface area contributed by atoms with Gasteiger partial charge in [0.25, 0.3) is 0 Å². The third-order valence-corrected chi connectivity index (χ3v) is 4.58. The Labute approximate surface area is 124 Å². The van der Waals surface area contributed by atoms with Gasteiger partial charge in [-0.1, -0.05) is 40.5 Å². The van der Waals surface area contributed by atoms with Crippen molar-refractivity contribution in [2.75, 3.05) is 13.2 Å². The monoisotopic (exact) mass is 283 g/mol. The van der Waals surface area contributed by atoms with Gasteiger partial charge in [-0.2, -0.15) is 0 Å². The molecule has 118 valence electrons. The quantitative estimate of drug-likeness (QED) is 0.595. The molecular weight excluding hydrogens is 250 g/mol. The zero-order valence-corrected chi connectivity index (χ0v) is 14.0. The van der Waals surface area contributed by atoms with Gasteiger partial charge in [-0.3, -0.25) is 4.79 Å². The lowest BCUT2D eigenvalue weighted by Gasteiger charge is -2.32. The number of hydrogen-bond acceptors (Lipinski definition) is 3. The minimum atomic E-state index is -0.441. The second-order valence-electron chi connectivity index (χ2n) is 7.01. The Kier molecular flexibility index (Phi) is 7.01. The van der Waals surface area contributed by atoms with E-state index in [0.29, 0.717) is 18.4 Å². The Balaban J connectivity index is 2.79. The Morgan fingerprint density at radius 1 is 1.25 bits per heavy atom. The van der Waals surface area contributed by atoms with E-state index in [1.165, 1.54) is 6.42 Å². The highest BCUT2D eigenvalue weighted by atomic mass is 16.5. The fourth-order valence-electron chi connectivity index (χ4n) is 3.16. The van der Waals surface area contributed by atoms with E-state index < -0.39 is 5.54 Å². The van der Waals surface area contributed by atoms with Gasteiger partial charge in [0.15, 0.2) is 0 Å². The Bertz CT molecular complexity index is 301. The van der Waals surface area contributed by atoms with E-state index in [4.69, 9.17) is 4.74 Å². The smallest absolute Gasteiger partial charge is 0.326 e. The van der Waals surface area contributed by atoms with Gasteiger partial charge in [-0.15, -0.1) is 0 Å². The third-order valence-electron chi connectivity index (χ3n) is 4.58. The van der Waals surface area contributed by atoms with Crippen molar-refractivity contribution in [3.05, 3.63) is 0 Å². The molecule has 1 aliphatic carbocycles. The molecule has 20 heavy (non-hydrogen) atoms. The van der Waals surface area contributed by atoms with E-state index >= 15 is 0 Å². The topological polar surface area (TPSA) is 38.3 Å². The molecule has 2 unspecified atom stereocenters. The molecule has 0 spiro atoms. The van der Waals surface area contributed by atoms with Crippen molar-refractivity contribution < 1.29 is 9.53 Å². The highest BCUT2D eigenvalue weighted by molar-refractivity contribution is 5.80. The predicted octanol–water partition coefficient (Wildman–Crippen LogP) is 3.77. The van der Waals surface area contributed by atoms with Crippen molar-refractivity contribution in [3.8, 4) is 0 Å². The van der Waals surface area contributed by atoms with E-state index in [2.05, 4.69) is 33.0 Å². The van der Waals surface area contributed by atoms with E-state index in [9.17, 15) is 4.79 Å². The molecule has 0 aromatic carbocycles. The minimum Gasteiger partial charge on any atom is -0.465 e. The molecule has 0 aromatic heterocycles. The Morgan fingerprint density at radius 3 is 2.50 bits per heavy atom. The van der Waals surface area contributed by atoms with Crippen LogP contribution >= 0.6 is 0 Å². The van der Waals surface area contributed by atoms with Crippen molar-refractivity contribution >= 4 is 5.97 Å². The Hall–Kier alpha value is -0.570. The molecule has 1 saturated carbocycles. The zero-order valence-electron chi connectivity index (χ0n) is 14.0. The molecule has 0 amide bonds. The van der Waals surface area contributed by atoms with Gasteiger partial charge >= 0.3 is 5.97 Å². The first-order valence-corrected chi connectivity index (χ1v) is 8.33. The number of esters is 1. The average molecular weight is 283 g/mol. The summed E-state index contributed by atoms with van der Waals surface area (Å²) in [5, 5.41) is 3.54. The number of nitrogens with one attached hydrogen (secondary N) is 1. The van der Waals surface area contributed by atoms with Crippen molar-refractivity contribution in [3.63, 3.8) is 0 Å². The van der Waals surface area contributed by atoms with Gasteiger partial charge in [0.2, 0.25) is 0 Å². The van der Waals surface area contributed by atoms with Gasteiger partial charge in [0, 0.05) is 0 Å². The fraction of sp³-hybridized carbons (Fsp3) is 0.941. The molecule has 0 heterocycles. The first kappa shape index (κ1) is 17.5. The molecule has 0 radical (unpaired) electrons. The minimum absolute atomic E-state index is 0.0370. The lowest BCUT2D eigenvalue weighted by atomic mass is 9.86. The van der Waals surface area contributed by atoms with Crippen molar-refractivity contribution in [1.82, 2.24) is 5.32 Å². The molecule has 0 aliphatic heterocycles. The molecule has 1 N–H and O–H groups in total. The number of ether oxygens (including phenoxy) is 1. The standard InChI is InChI=1S/C17H33NO2/c1-6-20-16(19)17(18-12-13(2)3)10-7-8-15(9-11-17)14(4)5/h13-15,18H,6-12H2,1-5H3. The maximum absolute atomic E-state index is 12.5. The van der Waals surface area contributed by atoms with Gasteiger partial charge < -0.3 is 10.1 Å². The number of carbonyl (C=O) groups is 1. The summed E-state index contributed by atoms with van der Waals surface area (Å²) in [5.74, 6) is 1.96. The van der Waals surface area contributed by atoms with Crippen LogP contribution in [0.2, 0.25) is 0 Å². The molecule has 2 atom stereocenters. The van der Waals surface area contributed by atoms with Crippen LogP contribution in [0.25, 0.3) is 0 Å². The average Bonchev–Trinajstić information content (AvgIpc) is 2.60. The highest BCUT2D eigenvalue weighted by Gasteiger charge is 2.41. The van der Waals surface area contributed by atoms with E-state index in [1.807, 2.05) is 6.92 Å². The van der Waals surface area contributed by atoms with Crippen molar-refractivity contribution in [2.24, 2.45) is 17.8 Å². The van der Waals surface area contributed by atoms with Crippen LogP contribution < -0.4 is 5.32 Å². The molecule has 1 aliphatic rings. The predicted molar refractivity (Wildman–Crippen MR) is 83.6 cm³/mol. The molecular formula is C17H33NO2. The Morgan fingerprint density at radius 2 is 1.95 bits per heavy atom. The molecule has 0 saturated heterocycles. The summed E-state index contributed by atoms with van der Waals surface area (Å²) >= 11 is 0. The molecule has 1 rings (SSSR count). The first-order valence-electron chi connectivity index (χ1n) is 8.33. The molecule has 3 heteroatoms. The number of carbonyl (C=O) groups excluding carboxylic acids is 1. The van der Waals surface area contributed by atoms with Crippen LogP contribution in [0, 0.1) is 17.8 Å². The summed E-state index contributed by atoms with van der Waals surface area (Å²) in [7, 11) is 0. The van der Waals surface area contributed by atoms with E-state index in [-0.39, 0.29) is 5.97 Å². The van der Waals surface area contributed by atoms with Crippen LogP contribution in [-0.4, -0.2) is 24.7 Å². The lowest BCUT2D eigenvalue weighted by molar-refractivity contribution is -0.152. The summed E-state index contributed by atoms with van der Waals surface area (Å²) in [5.41, 5.74) is -0.441. The maximum atomic E-state index is 12.5. The second kappa shape index (κ2) is 8.02. The van der Waals surface area contributed by atoms with Gasteiger partial charge in [-0.05, 0) is 50.5 Å². The second-order valence-corrected chi connectivity index (χ2v) is 7.01. The van der Waals surface area contributed by atoms with E-state index in [0.717, 1.165) is 38.1 Å². The number of hydrogen-bond donors (Lipinski definition) is 1. The molecule has 3 nitrogen and oxygen atoms in total. The van der Waals surface area contributed by atoms with Crippen molar-refractivity contribution in [2.45, 2.75) is 72.3 Å². The van der Waals surface area contributed by atoms with Crippen LogP contribution in [0.3, 0.4) is 0 Å². The van der Waals surface area contributed by atoms with Gasteiger partial charge in [0.1, 0.15) is 5.54 Å². The summed E-state index contributed by atoms with van der Waals surface area (Å²) in [4.78, 5) is 12.5. The SMILES string of the molecule is CCOC(=O)C1(NCC(C)C)CCCC(C(C)C)CC1. The normalized spacial score (nSPS) is 27.6. The fourth-order valence-corrected chi connectivity index (χ4v) is 3.16. The van der Waals surface area contributed by atoms with Crippen LogP contribution in [0.1, 0.15) is 66.7 Å². The molecule has 0 aromatic rings. The summed E-state index contributed by atoms with van der Waals surface area (Å²) in [6.45, 7) is 12.2. The van der Waals surface area contributed by atoms with Gasteiger partial charge in [0.05, 0.1) is 6.61 Å². The maximum Gasteiger partial charge on any atom is 0.326 e. The molecule has 1 fully saturated rings. The van der Waals surface area contributed by atoms with Crippen LogP contribution in [0.4, 0.5) is 0 Å². The zero-order chi connectivity index (χ0) is 15.2. The third kappa shape index (κ3) is 4.76. The van der Waals surface area contributed by atoms with Crippen LogP contribution in [0.5, 0.6) is 0 Å². The largest absolute Gasteiger partial charge is 0.465 e. The highest BCUT2D eigenvalue weighted by Crippen LogP contribution is 2.35. The lowest BCUT2D eigenvalue weighted by Crippen LogP contribution is -2.53. The van der Waals surface area contributed by atoms with Crippen molar-refractivity contribution in [1.29, 1.82) is 0 Å². The summed E-state index contributed by atoms with van der Waals surface area (Å²) in [6.07, 6.45) is 5.32. The first-order chi connectivity index (χ1) is 9.41. The summed E-state index contributed by atoms with van der Waals surface area (Å²) < 4.78 is 5.37. The van der Waals surface area contributed by atoms with Gasteiger partial charge in [-0.25, -0.2) is 0 Å². The van der Waals surface area contributed by atoms with Crippen LogP contribution in [0.15, 0.2) is 0 Å². The molecule has 0 bridgehead atoms. The number of rotatable bonds is 6. The summed E-state index contributed by atoms with van der Waals surface area (Å²) in [6, 6.07) is 0. The van der Waals surface area contributed by atoms with Crippen LogP contribution in [-0.2, 0) is 9.53 Å².